The zero-order valence-electron chi connectivity index (χ0n) is 21.6. The maximum Gasteiger partial charge on any atom is 0.305 e. The average Bonchev–Trinajstić information content (AvgIpc) is 2.87. The number of rotatable bonds is 23. The van der Waals surface area contributed by atoms with Crippen LogP contribution in [0.5, 0.6) is 0 Å². The number of amides is 1. The summed E-state index contributed by atoms with van der Waals surface area (Å²) in [5.41, 5.74) is 10.9. The van der Waals surface area contributed by atoms with Gasteiger partial charge >= 0.3 is 11.9 Å². The molecule has 0 fully saturated rings. The highest BCUT2D eigenvalue weighted by Gasteiger charge is 2.25. The fourth-order valence-electron chi connectivity index (χ4n) is 2.84. The Labute approximate surface area is 280 Å². The number of aliphatic hydroxyl groups is 1. The Kier molecular flexibility index (Phi) is 57.6. The molecular formula is C32H72N2O10S. The van der Waals surface area contributed by atoms with E-state index < -0.39 is 48.3 Å². The molecule has 12 nitrogen and oxygen atoms in total. The number of carbonyl (C=O) groups is 6. The first kappa shape index (κ1) is 65.3. The summed E-state index contributed by atoms with van der Waals surface area (Å²) in [6.45, 7) is 2.63. The van der Waals surface area contributed by atoms with Crippen LogP contribution < -0.4 is 11.5 Å². The van der Waals surface area contributed by atoms with E-state index in [0.717, 1.165) is 0 Å². The van der Waals surface area contributed by atoms with Crippen molar-refractivity contribution < 1.29 is 48.1 Å². The molecule has 3 atom stereocenters. The van der Waals surface area contributed by atoms with Crippen LogP contribution in [0.2, 0.25) is 0 Å². The third kappa shape index (κ3) is 34.4. The lowest BCUT2D eigenvalue weighted by molar-refractivity contribution is -0.157. The van der Waals surface area contributed by atoms with E-state index in [9.17, 15) is 33.9 Å². The van der Waals surface area contributed by atoms with E-state index in [4.69, 9.17) is 25.7 Å². The number of hydrogen-bond donors (Lipinski definition) is 3. The zero-order chi connectivity index (χ0) is 28.2. The predicted octanol–water partition coefficient (Wildman–Crippen LogP) is 5.18. The summed E-state index contributed by atoms with van der Waals surface area (Å²) in [6.07, 6.45) is -0.231. The lowest BCUT2D eigenvalue weighted by Gasteiger charge is -2.19. The molecule has 0 saturated carbocycles. The fourth-order valence-corrected chi connectivity index (χ4v) is 3.84. The predicted molar refractivity (Wildman–Crippen MR) is 189 cm³/mol. The monoisotopic (exact) mass is 676 g/mol. The molecule has 3 unspecified atom stereocenters. The number of nitrogens with two attached hydrogens (primary N) is 2. The molecule has 0 aliphatic rings. The van der Waals surface area contributed by atoms with Crippen molar-refractivity contribution in [1.29, 1.82) is 0 Å². The molecule has 0 bridgehead atoms. The summed E-state index contributed by atoms with van der Waals surface area (Å²) in [7, 11) is 0. The molecule has 0 aromatic heterocycles. The van der Waals surface area contributed by atoms with Crippen LogP contribution in [0.3, 0.4) is 0 Å². The lowest BCUT2D eigenvalue weighted by atomic mass is 9.93. The van der Waals surface area contributed by atoms with E-state index in [-0.39, 0.29) is 141 Å². The molecule has 0 aromatic rings. The van der Waals surface area contributed by atoms with E-state index in [1.165, 1.54) is 11.8 Å². The first-order valence-corrected chi connectivity index (χ1v) is 13.4. The molecule has 0 saturated heterocycles. The first-order valence-electron chi connectivity index (χ1n) is 12.3. The standard InChI is InChI=1S/C24H40N2O10S.8CH4/c1-3-23(32)35-13-18(36-24(33)4-2)14-37-15-19(25)21(30)10-16(11-27)20(29)6-5-9-34-12-17(28)7-8-22(26)31;;;;;;;;/h16,18-19,27H,3-15,25H2,1-2H3,(H2,26,31);8*1H4. The highest BCUT2D eigenvalue weighted by Crippen LogP contribution is 2.14. The van der Waals surface area contributed by atoms with Crippen LogP contribution >= 0.6 is 11.8 Å². The Morgan fingerprint density at radius 1 is 0.778 bits per heavy atom. The second-order valence-electron chi connectivity index (χ2n) is 8.32. The Balaban J connectivity index is -0.000000231. The van der Waals surface area contributed by atoms with Gasteiger partial charge in [0.1, 0.15) is 25.1 Å². The van der Waals surface area contributed by atoms with Crippen molar-refractivity contribution in [2.45, 2.75) is 130 Å². The second-order valence-corrected chi connectivity index (χ2v) is 9.40. The van der Waals surface area contributed by atoms with Crippen LogP contribution in [0, 0.1) is 5.92 Å². The van der Waals surface area contributed by atoms with Gasteiger partial charge in [-0.1, -0.05) is 73.3 Å². The van der Waals surface area contributed by atoms with Gasteiger partial charge in [-0.15, -0.1) is 0 Å². The lowest BCUT2D eigenvalue weighted by Crippen LogP contribution is -2.37. The minimum Gasteiger partial charge on any atom is -0.462 e. The normalized spacial score (nSPS) is 10.9. The number of Topliss-reactive ketones (excluding diaryl/α,β-unsaturated/α-hetero) is 3. The van der Waals surface area contributed by atoms with Gasteiger partial charge in [-0.3, -0.25) is 28.8 Å². The fraction of sp³-hybridized carbons (Fsp3) is 0.812. The quantitative estimate of drug-likeness (QED) is 0.0947. The summed E-state index contributed by atoms with van der Waals surface area (Å²) < 4.78 is 15.5. The minimum atomic E-state index is -0.901. The number of ether oxygens (including phenoxy) is 3. The molecule has 0 heterocycles. The van der Waals surface area contributed by atoms with Crippen LogP contribution in [0.1, 0.15) is 118 Å². The Morgan fingerprint density at radius 2 is 1.33 bits per heavy atom. The van der Waals surface area contributed by atoms with E-state index in [1.54, 1.807) is 13.8 Å². The molecule has 1 amide bonds. The van der Waals surface area contributed by atoms with Crippen LogP contribution in [0.15, 0.2) is 0 Å². The van der Waals surface area contributed by atoms with Crippen LogP contribution in [0.4, 0.5) is 0 Å². The summed E-state index contributed by atoms with van der Waals surface area (Å²) in [6, 6.07) is -0.901. The number of ketones is 3. The zero-order valence-corrected chi connectivity index (χ0v) is 22.4. The maximum atomic E-state index is 12.5. The Hall–Kier alpha value is -2.35. The molecule has 5 N–H and O–H groups in total. The van der Waals surface area contributed by atoms with E-state index >= 15 is 0 Å². The SMILES string of the molecule is C.C.C.C.C.C.C.C.CCC(=O)OCC(CSCC(N)C(=O)CC(CO)C(=O)CCCOCC(=O)CCC(N)=O)OC(=O)CC. The summed E-state index contributed by atoms with van der Waals surface area (Å²) in [4.78, 5) is 70.0. The molecule has 276 valence electrons. The molecule has 0 spiro atoms. The number of thioether (sulfide) groups is 1. The number of hydrogen-bond acceptors (Lipinski definition) is 12. The Bertz CT molecular complexity index is 766. The largest absolute Gasteiger partial charge is 0.462 e. The molecule has 0 aromatic carbocycles. The van der Waals surface area contributed by atoms with Crippen LogP contribution in [0.25, 0.3) is 0 Å². The van der Waals surface area contributed by atoms with Gasteiger partial charge in [0.2, 0.25) is 5.91 Å². The van der Waals surface area contributed by atoms with E-state index in [2.05, 4.69) is 0 Å². The number of primary amides is 1. The highest BCUT2D eigenvalue weighted by atomic mass is 32.2. The van der Waals surface area contributed by atoms with Gasteiger partial charge in [0.15, 0.2) is 11.6 Å². The van der Waals surface area contributed by atoms with E-state index in [1.807, 2.05) is 0 Å². The highest BCUT2D eigenvalue weighted by molar-refractivity contribution is 7.99. The van der Waals surface area contributed by atoms with Gasteiger partial charge < -0.3 is 30.8 Å². The number of esters is 2. The van der Waals surface area contributed by atoms with Gasteiger partial charge in [-0.25, -0.2) is 0 Å². The Morgan fingerprint density at radius 3 is 1.82 bits per heavy atom. The molecule has 0 rings (SSSR count). The van der Waals surface area contributed by atoms with Gasteiger partial charge in [0.25, 0.3) is 0 Å². The van der Waals surface area contributed by atoms with E-state index in [0.29, 0.717) is 6.42 Å². The van der Waals surface area contributed by atoms with Crippen molar-refractivity contribution in [3.63, 3.8) is 0 Å². The smallest absolute Gasteiger partial charge is 0.305 e. The van der Waals surface area contributed by atoms with Crippen LogP contribution in [-0.2, 0) is 43.0 Å². The maximum absolute atomic E-state index is 12.5. The van der Waals surface area contributed by atoms with Gasteiger partial charge in [-0.2, -0.15) is 11.8 Å². The van der Waals surface area contributed by atoms with Gasteiger partial charge in [0, 0.05) is 62.6 Å². The van der Waals surface area contributed by atoms with Crippen molar-refractivity contribution >= 4 is 47.0 Å². The summed E-state index contributed by atoms with van der Waals surface area (Å²) in [5, 5.41) is 9.56. The number of aliphatic hydroxyl groups excluding tert-OH is 1. The van der Waals surface area contributed by atoms with Crippen molar-refractivity contribution in [2.75, 3.05) is 37.9 Å². The molecule has 0 aliphatic heterocycles. The van der Waals surface area contributed by atoms with Crippen molar-refractivity contribution in [3.8, 4) is 0 Å². The van der Waals surface area contributed by atoms with Crippen LogP contribution in [-0.4, -0.2) is 90.4 Å². The molecule has 0 aliphatic carbocycles. The first-order chi connectivity index (χ1) is 17.5. The van der Waals surface area contributed by atoms with Crippen molar-refractivity contribution in [1.82, 2.24) is 0 Å². The average molecular weight is 677 g/mol. The number of carbonyl (C=O) groups excluding carboxylic acids is 6. The molecular weight excluding hydrogens is 604 g/mol. The summed E-state index contributed by atoms with van der Waals surface area (Å²) >= 11 is 1.25. The minimum absolute atomic E-state index is 0. The summed E-state index contributed by atoms with van der Waals surface area (Å²) in [5.74, 6) is -2.86. The second kappa shape index (κ2) is 39.7. The third-order valence-corrected chi connectivity index (χ3v) is 6.27. The topological polar surface area (TPSA) is 202 Å². The van der Waals surface area contributed by atoms with Crippen molar-refractivity contribution in [2.24, 2.45) is 17.4 Å². The van der Waals surface area contributed by atoms with Crippen molar-refractivity contribution in [3.05, 3.63) is 0 Å². The van der Waals surface area contributed by atoms with Gasteiger partial charge in [-0.05, 0) is 6.42 Å². The third-order valence-electron chi connectivity index (χ3n) is 5.07. The molecule has 45 heavy (non-hydrogen) atoms. The molecule has 13 heteroatoms. The van der Waals surface area contributed by atoms with Gasteiger partial charge in [0.05, 0.1) is 12.6 Å². The molecule has 0 radical (unpaired) electrons.